The lowest BCUT2D eigenvalue weighted by molar-refractivity contribution is -0.127. The van der Waals surface area contributed by atoms with Crippen LogP contribution in [0.1, 0.15) is 16.6 Å². The number of nitrogens with one attached hydrogen (secondary N) is 1. The van der Waals surface area contributed by atoms with Crippen LogP contribution in [0, 0.1) is 0 Å². The van der Waals surface area contributed by atoms with Crippen LogP contribution in [0.15, 0.2) is 18.2 Å². The molecule has 21 heavy (non-hydrogen) atoms. The molecule has 3 N–H and O–H groups in total. The summed E-state index contributed by atoms with van der Waals surface area (Å²) in [5.74, 6) is -0.362. The van der Waals surface area contributed by atoms with E-state index in [1.54, 1.807) is 17.9 Å². The lowest BCUT2D eigenvalue weighted by Gasteiger charge is -2.32. The van der Waals surface area contributed by atoms with Crippen molar-refractivity contribution in [2.24, 2.45) is 0 Å². The summed E-state index contributed by atoms with van der Waals surface area (Å²) in [7, 11) is 0. The van der Waals surface area contributed by atoms with Crippen molar-refractivity contribution >= 4 is 50.5 Å². The van der Waals surface area contributed by atoms with E-state index in [0.29, 0.717) is 34.1 Å². The van der Waals surface area contributed by atoms with Crippen molar-refractivity contribution in [3.63, 3.8) is 0 Å². The predicted molar refractivity (Wildman–Crippen MR) is 84.8 cm³/mol. The van der Waals surface area contributed by atoms with Gasteiger partial charge < -0.3 is 16.0 Å². The molecule has 0 spiro atoms. The van der Waals surface area contributed by atoms with E-state index in [1.165, 1.54) is 11.3 Å². The van der Waals surface area contributed by atoms with E-state index in [0.717, 1.165) is 4.70 Å². The predicted octanol–water partition coefficient (Wildman–Crippen LogP) is 2.10. The Morgan fingerprint density at radius 3 is 3.00 bits per heavy atom. The fourth-order valence-corrected chi connectivity index (χ4v) is 3.92. The van der Waals surface area contributed by atoms with E-state index in [9.17, 15) is 9.59 Å². The molecule has 0 radical (unpaired) electrons. The quantitative estimate of drug-likeness (QED) is 0.844. The third-order valence-electron chi connectivity index (χ3n) is 3.66. The van der Waals surface area contributed by atoms with Gasteiger partial charge in [-0.1, -0.05) is 17.7 Å². The zero-order chi connectivity index (χ0) is 15.1. The number of thiophene rings is 1. The normalized spacial score (nSPS) is 18.9. The van der Waals surface area contributed by atoms with Gasteiger partial charge in [-0.25, -0.2) is 0 Å². The average Bonchev–Trinajstić information content (AvgIpc) is 2.80. The van der Waals surface area contributed by atoms with Crippen LogP contribution in [-0.4, -0.2) is 35.8 Å². The molecular weight excluding hydrogens is 310 g/mol. The van der Waals surface area contributed by atoms with E-state index in [2.05, 4.69) is 5.32 Å². The number of rotatable bonds is 1. The summed E-state index contributed by atoms with van der Waals surface area (Å²) in [5, 5.41) is 3.98. The van der Waals surface area contributed by atoms with Gasteiger partial charge in [0.05, 0.1) is 10.7 Å². The average molecular weight is 324 g/mol. The highest BCUT2D eigenvalue weighted by molar-refractivity contribution is 7.21. The summed E-state index contributed by atoms with van der Waals surface area (Å²) in [4.78, 5) is 26.4. The van der Waals surface area contributed by atoms with Gasteiger partial charge in [0, 0.05) is 23.2 Å². The maximum Gasteiger partial charge on any atom is 0.266 e. The molecule has 1 aliphatic rings. The summed E-state index contributed by atoms with van der Waals surface area (Å²) < 4.78 is 0.873. The van der Waals surface area contributed by atoms with Crippen molar-refractivity contribution in [3.8, 4) is 0 Å². The summed E-state index contributed by atoms with van der Waals surface area (Å²) in [5.41, 5.74) is 6.50. The van der Waals surface area contributed by atoms with Gasteiger partial charge in [-0.3, -0.25) is 9.59 Å². The molecule has 1 aromatic heterocycles. The first kappa shape index (κ1) is 14.2. The molecule has 3 rings (SSSR count). The molecule has 1 aromatic carbocycles. The zero-order valence-electron chi connectivity index (χ0n) is 11.4. The Kier molecular flexibility index (Phi) is 3.51. The number of amides is 2. The molecule has 5 nitrogen and oxygen atoms in total. The van der Waals surface area contributed by atoms with E-state index < -0.39 is 6.04 Å². The van der Waals surface area contributed by atoms with Gasteiger partial charge >= 0.3 is 0 Å². The Hall–Kier alpha value is -1.79. The number of hydrogen-bond donors (Lipinski definition) is 2. The Bertz CT molecular complexity index is 743. The fraction of sp³-hybridized carbons (Fsp3) is 0.286. The molecule has 2 heterocycles. The molecule has 1 aliphatic heterocycles. The highest BCUT2D eigenvalue weighted by atomic mass is 35.5. The SMILES string of the molecule is CC1C(=O)NCCN1C(=O)c1sc2cccc(Cl)c2c1N. The third-order valence-corrected chi connectivity index (χ3v) is 5.13. The van der Waals surface area contributed by atoms with Crippen molar-refractivity contribution in [1.82, 2.24) is 10.2 Å². The van der Waals surface area contributed by atoms with Gasteiger partial charge in [0.15, 0.2) is 0 Å². The summed E-state index contributed by atoms with van der Waals surface area (Å²) in [6, 6.07) is 4.96. The van der Waals surface area contributed by atoms with Crippen molar-refractivity contribution in [2.75, 3.05) is 18.8 Å². The molecule has 2 amide bonds. The summed E-state index contributed by atoms with van der Waals surface area (Å²) in [6.45, 7) is 2.65. The van der Waals surface area contributed by atoms with Crippen LogP contribution in [0.25, 0.3) is 10.1 Å². The van der Waals surface area contributed by atoms with Crippen LogP contribution >= 0.6 is 22.9 Å². The van der Waals surface area contributed by atoms with E-state index in [4.69, 9.17) is 17.3 Å². The fourth-order valence-electron chi connectivity index (χ4n) is 2.48. The number of benzene rings is 1. The number of carbonyl (C=O) groups excluding carboxylic acids is 2. The van der Waals surface area contributed by atoms with E-state index in [1.807, 2.05) is 12.1 Å². The Labute approximate surface area is 130 Å². The molecule has 110 valence electrons. The molecule has 7 heteroatoms. The summed E-state index contributed by atoms with van der Waals surface area (Å²) >= 11 is 7.47. The number of nitrogens with zero attached hydrogens (tertiary/aromatic N) is 1. The Morgan fingerprint density at radius 1 is 1.52 bits per heavy atom. The van der Waals surface area contributed by atoms with E-state index in [-0.39, 0.29) is 11.8 Å². The molecule has 0 aliphatic carbocycles. The lowest BCUT2D eigenvalue weighted by Crippen LogP contribution is -2.55. The van der Waals surface area contributed by atoms with Crippen molar-refractivity contribution in [2.45, 2.75) is 13.0 Å². The number of hydrogen-bond acceptors (Lipinski definition) is 4. The van der Waals surface area contributed by atoms with Gasteiger partial charge in [-0.2, -0.15) is 0 Å². The molecule has 0 saturated carbocycles. The van der Waals surface area contributed by atoms with Crippen molar-refractivity contribution in [1.29, 1.82) is 0 Å². The molecule has 2 aromatic rings. The smallest absolute Gasteiger partial charge is 0.266 e. The van der Waals surface area contributed by atoms with Gasteiger partial charge in [0.1, 0.15) is 10.9 Å². The van der Waals surface area contributed by atoms with Crippen LogP contribution in [0.2, 0.25) is 5.02 Å². The molecule has 1 atom stereocenters. The third kappa shape index (κ3) is 2.24. The standard InChI is InChI=1S/C14H14ClN3O2S/c1-7-13(19)17-5-6-18(7)14(20)12-11(16)10-8(15)3-2-4-9(10)21-12/h2-4,7H,5-6,16H2,1H3,(H,17,19). The highest BCUT2D eigenvalue weighted by Gasteiger charge is 2.32. The number of piperazine rings is 1. The minimum Gasteiger partial charge on any atom is -0.397 e. The van der Waals surface area contributed by atoms with Gasteiger partial charge in [-0.15, -0.1) is 11.3 Å². The first-order valence-corrected chi connectivity index (χ1v) is 7.75. The van der Waals surface area contributed by atoms with Crippen LogP contribution in [0.5, 0.6) is 0 Å². The van der Waals surface area contributed by atoms with Gasteiger partial charge in [0.25, 0.3) is 5.91 Å². The van der Waals surface area contributed by atoms with Gasteiger partial charge in [-0.05, 0) is 19.1 Å². The zero-order valence-corrected chi connectivity index (χ0v) is 12.9. The second kappa shape index (κ2) is 5.20. The topological polar surface area (TPSA) is 75.4 Å². The molecule has 1 fully saturated rings. The largest absolute Gasteiger partial charge is 0.397 e. The van der Waals surface area contributed by atoms with Crippen LogP contribution in [0.3, 0.4) is 0 Å². The van der Waals surface area contributed by atoms with Crippen molar-refractivity contribution in [3.05, 3.63) is 28.1 Å². The highest BCUT2D eigenvalue weighted by Crippen LogP contribution is 2.38. The lowest BCUT2D eigenvalue weighted by atomic mass is 10.1. The maximum absolute atomic E-state index is 12.7. The second-order valence-electron chi connectivity index (χ2n) is 4.92. The second-order valence-corrected chi connectivity index (χ2v) is 6.38. The molecule has 1 saturated heterocycles. The van der Waals surface area contributed by atoms with Crippen LogP contribution in [-0.2, 0) is 4.79 Å². The number of anilines is 1. The Balaban J connectivity index is 2.04. The minimum absolute atomic E-state index is 0.146. The number of fused-ring (bicyclic) bond motifs is 1. The summed E-state index contributed by atoms with van der Waals surface area (Å²) in [6.07, 6.45) is 0. The Morgan fingerprint density at radius 2 is 2.29 bits per heavy atom. The first-order valence-electron chi connectivity index (χ1n) is 6.56. The number of carbonyl (C=O) groups is 2. The number of nitrogen functional groups attached to an aromatic ring is 1. The molecule has 1 unspecified atom stereocenters. The van der Waals surface area contributed by atoms with E-state index >= 15 is 0 Å². The number of halogens is 1. The molecular formula is C14H14ClN3O2S. The molecule has 0 bridgehead atoms. The van der Waals surface area contributed by atoms with Crippen molar-refractivity contribution < 1.29 is 9.59 Å². The maximum atomic E-state index is 12.7. The number of nitrogens with two attached hydrogens (primary N) is 1. The minimum atomic E-state index is -0.494. The van der Waals surface area contributed by atoms with Crippen LogP contribution < -0.4 is 11.1 Å². The first-order chi connectivity index (χ1) is 10.0. The van der Waals surface area contributed by atoms with Crippen LogP contribution in [0.4, 0.5) is 5.69 Å². The monoisotopic (exact) mass is 323 g/mol. The van der Waals surface area contributed by atoms with Gasteiger partial charge in [0.2, 0.25) is 5.91 Å².